The number of aromatic nitrogens is 5. The number of amides is 3. The van der Waals surface area contributed by atoms with E-state index in [4.69, 9.17) is 9.72 Å². The van der Waals surface area contributed by atoms with Gasteiger partial charge >= 0.3 is 11.8 Å². The van der Waals surface area contributed by atoms with Gasteiger partial charge in [0.1, 0.15) is 11.5 Å². The predicted octanol–water partition coefficient (Wildman–Crippen LogP) is 7.05. The number of carbonyl (C=O) groups excluding carboxylic acids is 2. The Balaban J connectivity index is 0.000000415. The topological polar surface area (TPSA) is 163 Å². The van der Waals surface area contributed by atoms with Gasteiger partial charge < -0.3 is 19.5 Å². The first-order valence-electron chi connectivity index (χ1n) is 21.1. The van der Waals surface area contributed by atoms with Gasteiger partial charge in [0.2, 0.25) is 5.95 Å². The Morgan fingerprint density at radius 2 is 1.66 bits per heavy atom. The van der Waals surface area contributed by atoms with Crippen molar-refractivity contribution in [2.45, 2.75) is 77.8 Å². The predicted molar refractivity (Wildman–Crippen MR) is 227 cm³/mol. The average Bonchev–Trinajstić information content (AvgIpc) is 3.53. The molecule has 1 saturated carbocycles. The molecule has 15 heteroatoms. The number of halogens is 1. The van der Waals surface area contributed by atoms with Crippen LogP contribution in [-0.4, -0.2) is 79.3 Å². The van der Waals surface area contributed by atoms with E-state index in [1.54, 1.807) is 35.8 Å². The first-order chi connectivity index (χ1) is 29.4. The van der Waals surface area contributed by atoms with Crippen LogP contribution in [-0.2, 0) is 17.7 Å². The molecule has 3 unspecified atom stereocenters. The molecule has 3 aromatic carbocycles. The second kappa shape index (κ2) is 16.3. The van der Waals surface area contributed by atoms with Gasteiger partial charge in [-0.05, 0) is 111 Å². The van der Waals surface area contributed by atoms with Crippen molar-refractivity contribution in [2.75, 3.05) is 37.7 Å². The van der Waals surface area contributed by atoms with E-state index in [1.165, 1.54) is 15.0 Å². The number of aryl methyl sites for hydroxylation is 2. The fraction of sp³-hybridized carbons (Fsp3) is 0.391. The van der Waals surface area contributed by atoms with Gasteiger partial charge in [-0.3, -0.25) is 24.0 Å². The quantitative estimate of drug-likeness (QED) is 0.173. The number of hydrogen-bond acceptors (Lipinski definition) is 8. The molecule has 10 rings (SSSR count). The van der Waals surface area contributed by atoms with Gasteiger partial charge in [-0.2, -0.15) is 0 Å². The summed E-state index contributed by atoms with van der Waals surface area (Å²) in [7, 11) is 0. The first-order valence-corrected chi connectivity index (χ1v) is 21.1. The molecule has 316 valence electrons. The third kappa shape index (κ3) is 7.78. The van der Waals surface area contributed by atoms with E-state index in [2.05, 4.69) is 38.7 Å². The zero-order valence-corrected chi connectivity index (χ0v) is 34.7. The number of nitrogens with zero attached hydrogens (tertiary/aromatic N) is 6. The molecular formula is C46H49FN8O6. The average molecular weight is 829 g/mol. The van der Waals surface area contributed by atoms with E-state index in [1.807, 2.05) is 49.4 Å². The number of fused-ring (bicyclic) bond motifs is 2. The third-order valence-corrected chi connectivity index (χ3v) is 12.6. The van der Waals surface area contributed by atoms with Crippen LogP contribution < -0.4 is 16.2 Å². The van der Waals surface area contributed by atoms with Crippen molar-refractivity contribution < 1.29 is 23.2 Å². The van der Waals surface area contributed by atoms with Crippen LogP contribution in [0.1, 0.15) is 101 Å². The van der Waals surface area contributed by atoms with Crippen LogP contribution in [0.2, 0.25) is 0 Å². The lowest BCUT2D eigenvalue weighted by molar-refractivity contribution is 0.0666. The number of anilines is 1. The van der Waals surface area contributed by atoms with E-state index in [9.17, 15) is 23.6 Å². The van der Waals surface area contributed by atoms with Crippen LogP contribution in [0, 0.1) is 25.6 Å². The first kappa shape index (κ1) is 40.1. The molecular weight excluding hydrogens is 780 g/mol. The van der Waals surface area contributed by atoms with Gasteiger partial charge in [-0.25, -0.2) is 23.5 Å². The van der Waals surface area contributed by atoms with Gasteiger partial charge in [-0.15, -0.1) is 0 Å². The lowest BCUT2D eigenvalue weighted by atomic mass is 9.91. The smallest absolute Gasteiger partial charge is 0.381 e. The van der Waals surface area contributed by atoms with Gasteiger partial charge in [-0.1, -0.05) is 48.5 Å². The lowest BCUT2D eigenvalue weighted by Gasteiger charge is -2.35. The highest BCUT2D eigenvalue weighted by atomic mass is 19.1. The zero-order chi connectivity index (χ0) is 42.5. The van der Waals surface area contributed by atoms with Crippen LogP contribution in [0.3, 0.4) is 0 Å². The number of hydrogen-bond donors (Lipinski definition) is 2. The minimum Gasteiger partial charge on any atom is -0.381 e. The van der Waals surface area contributed by atoms with Crippen LogP contribution >= 0.6 is 0 Å². The molecule has 3 aromatic heterocycles. The number of H-pyrrole nitrogens is 2. The van der Waals surface area contributed by atoms with E-state index < -0.39 is 11.8 Å². The molecule has 2 N–H and O–H groups in total. The molecule has 3 aliphatic heterocycles. The molecule has 3 amide bonds. The minimum atomic E-state index is -0.540. The SMILES string of the molecule is CC1CC1c1noc(=O)[nH]1.Cc1cc(-n2c(N3CCN(Cc4ccccc4)C3=O)nc3c(c2=O)CCN(C(=O)c2cc4cc(C5CCOCC5)ccc4[nH]2)C3C)cc(C)c1F. The summed E-state index contributed by atoms with van der Waals surface area (Å²) < 4.78 is 26.1. The van der Waals surface area contributed by atoms with Gasteiger partial charge in [0.05, 0.1) is 17.4 Å². The Morgan fingerprint density at radius 3 is 2.34 bits per heavy atom. The van der Waals surface area contributed by atoms with Crippen molar-refractivity contribution in [3.8, 4) is 5.69 Å². The van der Waals surface area contributed by atoms with Gasteiger partial charge in [0.15, 0.2) is 5.82 Å². The highest BCUT2D eigenvalue weighted by Crippen LogP contribution is 2.45. The highest BCUT2D eigenvalue weighted by Gasteiger charge is 2.39. The highest BCUT2D eigenvalue weighted by molar-refractivity contribution is 5.98. The molecule has 61 heavy (non-hydrogen) atoms. The molecule has 4 aliphatic rings. The van der Waals surface area contributed by atoms with Crippen molar-refractivity contribution in [3.05, 3.63) is 138 Å². The summed E-state index contributed by atoms with van der Waals surface area (Å²) in [5, 5.41) is 4.56. The summed E-state index contributed by atoms with van der Waals surface area (Å²) in [6.07, 6.45) is 3.37. The maximum Gasteiger partial charge on any atom is 0.438 e. The standard InChI is InChI=1S/C40H41FN6O4.C6H8N2O2/c1-24-19-31(20-25(2)35(24)41)47-37(48)32-11-14-45(38(49)34-22-30-21-29(9-10-33(30)42-34)28-12-17-51-18-13-28)26(3)36(32)43-39(47)46-16-15-44(40(46)50)23-27-7-5-4-6-8-27;1-3-2-4(3)5-7-6(9)10-8-5/h4-10,19-22,26,28,42H,11-18,23H2,1-3H3;3-4H,2H2,1H3,(H,7,8,9). The summed E-state index contributed by atoms with van der Waals surface area (Å²) in [5.41, 5.74) is 5.47. The van der Waals surface area contributed by atoms with Crippen LogP contribution in [0.25, 0.3) is 16.6 Å². The molecule has 2 saturated heterocycles. The number of urea groups is 1. The monoisotopic (exact) mass is 828 g/mol. The molecule has 0 radical (unpaired) electrons. The summed E-state index contributed by atoms with van der Waals surface area (Å²) >= 11 is 0. The van der Waals surface area contributed by atoms with Crippen molar-refractivity contribution >= 4 is 28.8 Å². The second-order valence-electron chi connectivity index (χ2n) is 16.8. The van der Waals surface area contributed by atoms with Crippen LogP contribution in [0.15, 0.2) is 80.8 Å². The molecule has 3 fully saturated rings. The van der Waals surface area contributed by atoms with Crippen molar-refractivity contribution in [3.63, 3.8) is 0 Å². The van der Waals surface area contributed by atoms with E-state index >= 15 is 0 Å². The van der Waals surface area contributed by atoms with Crippen molar-refractivity contribution in [2.24, 2.45) is 5.92 Å². The molecule has 6 aromatic rings. The Bertz CT molecular complexity index is 2730. The zero-order valence-electron chi connectivity index (χ0n) is 34.7. The summed E-state index contributed by atoms with van der Waals surface area (Å²) in [6, 6.07) is 20.4. The van der Waals surface area contributed by atoms with Crippen molar-refractivity contribution in [1.29, 1.82) is 0 Å². The Kier molecular flexibility index (Phi) is 10.7. The maximum atomic E-state index is 14.8. The molecule has 3 atom stereocenters. The largest absolute Gasteiger partial charge is 0.438 e. The number of carbonyl (C=O) groups is 2. The fourth-order valence-electron chi connectivity index (χ4n) is 8.99. The third-order valence-electron chi connectivity index (χ3n) is 12.6. The maximum absolute atomic E-state index is 14.8. The number of nitrogens with one attached hydrogen (secondary N) is 2. The summed E-state index contributed by atoms with van der Waals surface area (Å²) in [6.45, 7) is 10.3. The minimum absolute atomic E-state index is 0.164. The molecule has 1 aliphatic carbocycles. The normalized spacial score (nSPS) is 20.2. The van der Waals surface area contributed by atoms with Crippen LogP contribution in [0.4, 0.5) is 15.1 Å². The Hall–Kier alpha value is -6.35. The molecule has 14 nitrogen and oxygen atoms in total. The molecule has 0 spiro atoms. The van der Waals surface area contributed by atoms with E-state index in [0.717, 1.165) is 48.9 Å². The Morgan fingerprint density at radius 1 is 0.918 bits per heavy atom. The number of aromatic amines is 2. The molecule has 0 bridgehead atoms. The second-order valence-corrected chi connectivity index (χ2v) is 16.8. The van der Waals surface area contributed by atoms with Crippen LogP contribution in [0.5, 0.6) is 0 Å². The van der Waals surface area contributed by atoms with E-state index in [-0.39, 0.29) is 29.3 Å². The van der Waals surface area contributed by atoms with E-state index in [0.29, 0.717) is 89.9 Å². The Labute approximate surface area is 351 Å². The number of rotatable bonds is 7. The summed E-state index contributed by atoms with van der Waals surface area (Å²) in [4.78, 5) is 69.0. The fourth-order valence-corrected chi connectivity index (χ4v) is 8.99. The molecule has 6 heterocycles. The number of benzene rings is 3. The lowest BCUT2D eigenvalue weighted by Crippen LogP contribution is -2.44. The van der Waals surface area contributed by atoms with Crippen molar-refractivity contribution in [1.82, 2.24) is 34.5 Å². The number of ether oxygens (including phenoxy) is 1. The summed E-state index contributed by atoms with van der Waals surface area (Å²) in [5.74, 6) is 1.43. The van der Waals surface area contributed by atoms with Gasteiger partial charge in [0, 0.05) is 61.8 Å². The van der Waals surface area contributed by atoms with Gasteiger partial charge in [0.25, 0.3) is 11.5 Å².